The average molecular weight is 295 g/mol. The summed E-state index contributed by atoms with van der Waals surface area (Å²) in [5, 5.41) is 13.3. The molecular weight excluding hydrogens is 277 g/mol. The molecule has 114 valence electrons. The van der Waals surface area contributed by atoms with Gasteiger partial charge in [0.15, 0.2) is 0 Å². The Hall–Kier alpha value is -2.02. The van der Waals surface area contributed by atoms with Gasteiger partial charge >= 0.3 is 0 Å². The second kappa shape index (κ2) is 6.62. The SMILES string of the molecule is CN1CCC(CNC(=O)c2cc([N+](=O)[O-])ccc2F)CC1. The number of non-ortho nitro benzene ring substituents is 1. The molecule has 0 bridgehead atoms. The number of nitrogens with one attached hydrogen (secondary N) is 1. The summed E-state index contributed by atoms with van der Waals surface area (Å²) in [5.74, 6) is -0.983. The number of nitrogens with zero attached hydrogens (tertiary/aromatic N) is 2. The van der Waals surface area contributed by atoms with Crippen LogP contribution >= 0.6 is 0 Å². The number of hydrogen-bond acceptors (Lipinski definition) is 4. The van der Waals surface area contributed by atoms with Crippen LogP contribution in [-0.2, 0) is 0 Å². The summed E-state index contributed by atoms with van der Waals surface area (Å²) in [4.78, 5) is 24.2. The molecule has 0 atom stereocenters. The monoisotopic (exact) mass is 295 g/mol. The molecule has 1 aliphatic heterocycles. The van der Waals surface area contributed by atoms with E-state index in [1.807, 2.05) is 7.05 Å². The molecule has 1 aromatic carbocycles. The third-order valence-electron chi connectivity index (χ3n) is 3.79. The number of likely N-dealkylation sites (tertiary alicyclic amines) is 1. The lowest BCUT2D eigenvalue weighted by atomic mass is 9.97. The number of nitro benzene ring substituents is 1. The molecule has 1 heterocycles. The minimum Gasteiger partial charge on any atom is -0.352 e. The number of rotatable bonds is 4. The maximum absolute atomic E-state index is 13.6. The van der Waals surface area contributed by atoms with Crippen LogP contribution in [0.4, 0.5) is 10.1 Å². The van der Waals surface area contributed by atoms with E-state index in [-0.39, 0.29) is 11.3 Å². The standard InChI is InChI=1S/C14H18FN3O3/c1-17-6-4-10(5-7-17)9-16-14(19)12-8-11(18(20)21)2-3-13(12)15/h2-3,8,10H,4-7,9H2,1H3,(H,16,19). The zero-order chi connectivity index (χ0) is 15.4. The van der Waals surface area contributed by atoms with Crippen LogP contribution in [0, 0.1) is 21.8 Å². The molecule has 0 spiro atoms. The van der Waals surface area contributed by atoms with Crippen LogP contribution in [0.25, 0.3) is 0 Å². The Morgan fingerprint density at radius 3 is 2.76 bits per heavy atom. The quantitative estimate of drug-likeness (QED) is 0.679. The highest BCUT2D eigenvalue weighted by Crippen LogP contribution is 2.18. The van der Waals surface area contributed by atoms with E-state index in [1.165, 1.54) is 0 Å². The third kappa shape index (κ3) is 3.98. The van der Waals surface area contributed by atoms with Crippen LogP contribution in [0.15, 0.2) is 18.2 Å². The normalized spacial score (nSPS) is 16.7. The van der Waals surface area contributed by atoms with Gasteiger partial charge in [-0.15, -0.1) is 0 Å². The van der Waals surface area contributed by atoms with Gasteiger partial charge in [0, 0.05) is 18.7 Å². The highest BCUT2D eigenvalue weighted by Gasteiger charge is 2.20. The molecule has 2 rings (SSSR count). The fraction of sp³-hybridized carbons (Fsp3) is 0.500. The first-order valence-electron chi connectivity index (χ1n) is 6.88. The Balaban J connectivity index is 1.97. The van der Waals surface area contributed by atoms with E-state index in [2.05, 4.69) is 10.2 Å². The van der Waals surface area contributed by atoms with Gasteiger partial charge in [-0.05, 0) is 45.0 Å². The molecule has 1 amide bonds. The van der Waals surface area contributed by atoms with Crippen molar-refractivity contribution in [1.82, 2.24) is 10.2 Å². The maximum Gasteiger partial charge on any atom is 0.270 e. The van der Waals surface area contributed by atoms with Gasteiger partial charge < -0.3 is 10.2 Å². The summed E-state index contributed by atoms with van der Waals surface area (Å²) >= 11 is 0. The molecule has 6 nitrogen and oxygen atoms in total. The molecule has 1 aliphatic rings. The maximum atomic E-state index is 13.6. The summed E-state index contributed by atoms with van der Waals surface area (Å²) in [6, 6.07) is 2.96. The number of piperidine rings is 1. The van der Waals surface area contributed by atoms with Crippen molar-refractivity contribution in [3.05, 3.63) is 39.7 Å². The fourth-order valence-corrected chi connectivity index (χ4v) is 2.40. The third-order valence-corrected chi connectivity index (χ3v) is 3.79. The first-order valence-corrected chi connectivity index (χ1v) is 6.88. The van der Waals surface area contributed by atoms with Crippen LogP contribution in [-0.4, -0.2) is 42.4 Å². The van der Waals surface area contributed by atoms with E-state index in [1.54, 1.807) is 0 Å². The van der Waals surface area contributed by atoms with Crippen molar-refractivity contribution in [1.29, 1.82) is 0 Å². The van der Waals surface area contributed by atoms with Crippen LogP contribution in [0.5, 0.6) is 0 Å². The van der Waals surface area contributed by atoms with Gasteiger partial charge in [-0.3, -0.25) is 14.9 Å². The zero-order valence-electron chi connectivity index (χ0n) is 11.8. The van der Waals surface area contributed by atoms with Gasteiger partial charge in [0.2, 0.25) is 0 Å². The predicted molar refractivity (Wildman–Crippen MR) is 75.6 cm³/mol. The fourth-order valence-electron chi connectivity index (χ4n) is 2.40. The molecule has 1 saturated heterocycles. The summed E-state index contributed by atoms with van der Waals surface area (Å²) in [7, 11) is 2.05. The Morgan fingerprint density at radius 1 is 1.48 bits per heavy atom. The minimum atomic E-state index is -0.749. The highest BCUT2D eigenvalue weighted by atomic mass is 19.1. The molecule has 0 aliphatic carbocycles. The largest absolute Gasteiger partial charge is 0.352 e. The lowest BCUT2D eigenvalue weighted by molar-refractivity contribution is -0.384. The number of carbonyl (C=O) groups is 1. The average Bonchev–Trinajstić information content (AvgIpc) is 2.46. The predicted octanol–water partition coefficient (Wildman–Crippen LogP) is 1.81. The van der Waals surface area contributed by atoms with E-state index in [0.29, 0.717) is 12.5 Å². The van der Waals surface area contributed by atoms with Crippen molar-refractivity contribution >= 4 is 11.6 Å². The smallest absolute Gasteiger partial charge is 0.270 e. The number of hydrogen-bond donors (Lipinski definition) is 1. The number of nitro groups is 1. The summed E-state index contributed by atoms with van der Waals surface area (Å²) in [5.41, 5.74) is -0.571. The Kier molecular flexibility index (Phi) is 4.85. The van der Waals surface area contributed by atoms with Crippen LogP contribution in [0.2, 0.25) is 0 Å². The molecule has 0 radical (unpaired) electrons. The molecule has 21 heavy (non-hydrogen) atoms. The molecular formula is C14H18FN3O3. The van der Waals surface area contributed by atoms with Crippen LogP contribution in [0.3, 0.4) is 0 Å². The van der Waals surface area contributed by atoms with E-state index in [4.69, 9.17) is 0 Å². The van der Waals surface area contributed by atoms with Crippen LogP contribution in [0.1, 0.15) is 23.2 Å². The number of amides is 1. The van der Waals surface area contributed by atoms with Crippen LogP contribution < -0.4 is 5.32 Å². The van der Waals surface area contributed by atoms with Crippen molar-refractivity contribution in [2.45, 2.75) is 12.8 Å². The minimum absolute atomic E-state index is 0.280. The molecule has 0 unspecified atom stereocenters. The topological polar surface area (TPSA) is 75.5 Å². The number of benzene rings is 1. The van der Waals surface area contributed by atoms with Gasteiger partial charge in [0.05, 0.1) is 10.5 Å². The molecule has 1 aromatic rings. The van der Waals surface area contributed by atoms with Gasteiger partial charge in [-0.2, -0.15) is 0 Å². The Bertz CT molecular complexity index is 542. The highest BCUT2D eigenvalue weighted by molar-refractivity contribution is 5.95. The lowest BCUT2D eigenvalue weighted by Crippen LogP contribution is -2.37. The van der Waals surface area contributed by atoms with E-state index in [0.717, 1.165) is 44.1 Å². The molecule has 1 fully saturated rings. The molecule has 0 saturated carbocycles. The number of halogens is 1. The second-order valence-electron chi connectivity index (χ2n) is 5.38. The van der Waals surface area contributed by atoms with Crippen molar-refractivity contribution in [2.24, 2.45) is 5.92 Å². The number of carbonyl (C=O) groups excluding carboxylic acids is 1. The summed E-state index contributed by atoms with van der Waals surface area (Å²) in [6.45, 7) is 2.42. The van der Waals surface area contributed by atoms with Gasteiger partial charge in [0.25, 0.3) is 11.6 Å². The Labute approximate surface area is 122 Å². The first kappa shape index (κ1) is 15.4. The molecule has 7 heteroatoms. The summed E-state index contributed by atoms with van der Waals surface area (Å²) < 4.78 is 13.6. The van der Waals surface area contributed by atoms with Gasteiger partial charge in [-0.1, -0.05) is 0 Å². The Morgan fingerprint density at radius 2 is 2.14 bits per heavy atom. The van der Waals surface area contributed by atoms with E-state index < -0.39 is 16.6 Å². The van der Waals surface area contributed by atoms with Crippen molar-refractivity contribution in [2.75, 3.05) is 26.7 Å². The van der Waals surface area contributed by atoms with Gasteiger partial charge in [-0.25, -0.2) is 4.39 Å². The van der Waals surface area contributed by atoms with Crippen molar-refractivity contribution < 1.29 is 14.1 Å². The zero-order valence-corrected chi connectivity index (χ0v) is 11.8. The molecule has 0 aromatic heterocycles. The second-order valence-corrected chi connectivity index (χ2v) is 5.38. The van der Waals surface area contributed by atoms with Crippen molar-refractivity contribution in [3.63, 3.8) is 0 Å². The van der Waals surface area contributed by atoms with Crippen molar-refractivity contribution in [3.8, 4) is 0 Å². The first-order chi connectivity index (χ1) is 9.97. The van der Waals surface area contributed by atoms with Gasteiger partial charge in [0.1, 0.15) is 5.82 Å². The summed E-state index contributed by atoms with van der Waals surface area (Å²) in [6.07, 6.45) is 1.96. The van der Waals surface area contributed by atoms with E-state index >= 15 is 0 Å². The lowest BCUT2D eigenvalue weighted by Gasteiger charge is -2.28. The molecule has 1 N–H and O–H groups in total. The van der Waals surface area contributed by atoms with E-state index in [9.17, 15) is 19.3 Å².